The van der Waals surface area contributed by atoms with Crippen molar-refractivity contribution in [2.45, 2.75) is 46.7 Å². The number of aliphatic hydroxyl groups is 1. The minimum atomic E-state index is 0.258. The van der Waals surface area contributed by atoms with E-state index in [1.807, 2.05) is 6.92 Å². The number of hydrogen-bond acceptors (Lipinski definition) is 4. The van der Waals surface area contributed by atoms with Gasteiger partial charge in [-0.1, -0.05) is 32.9 Å². The van der Waals surface area contributed by atoms with E-state index in [1.54, 1.807) is 0 Å². The van der Waals surface area contributed by atoms with Crippen molar-refractivity contribution >= 4 is 0 Å². The largest absolute Gasteiger partial charge is 0.494 e. The molecule has 1 fully saturated rings. The summed E-state index contributed by atoms with van der Waals surface area (Å²) in [6.07, 6.45) is 0.845. The first-order valence-electron chi connectivity index (χ1n) is 9.20. The van der Waals surface area contributed by atoms with E-state index in [1.165, 1.54) is 5.56 Å². The third-order valence-corrected chi connectivity index (χ3v) is 4.47. The van der Waals surface area contributed by atoms with Crippen LogP contribution in [-0.2, 0) is 6.54 Å². The van der Waals surface area contributed by atoms with Gasteiger partial charge in [0.25, 0.3) is 0 Å². The van der Waals surface area contributed by atoms with Gasteiger partial charge in [0.2, 0.25) is 0 Å². The Hall–Kier alpha value is -1.10. The van der Waals surface area contributed by atoms with Crippen LogP contribution < -0.4 is 4.74 Å². The highest BCUT2D eigenvalue weighted by molar-refractivity contribution is 5.27. The Morgan fingerprint density at radius 1 is 1.17 bits per heavy atom. The van der Waals surface area contributed by atoms with Crippen molar-refractivity contribution in [3.63, 3.8) is 0 Å². The number of rotatable bonds is 7. The van der Waals surface area contributed by atoms with Crippen molar-refractivity contribution in [3.8, 4) is 5.75 Å². The Morgan fingerprint density at radius 2 is 1.88 bits per heavy atom. The molecule has 0 amide bonds. The molecule has 0 aliphatic carbocycles. The lowest BCUT2D eigenvalue weighted by molar-refractivity contribution is 0.0382. The lowest BCUT2D eigenvalue weighted by Gasteiger charge is -2.43. The number of ether oxygens (including phenoxy) is 1. The molecule has 4 nitrogen and oxygen atoms in total. The minimum Gasteiger partial charge on any atom is -0.494 e. The molecule has 1 aliphatic rings. The summed E-state index contributed by atoms with van der Waals surface area (Å²) in [5.41, 5.74) is 1.63. The summed E-state index contributed by atoms with van der Waals surface area (Å²) < 4.78 is 5.52. The second kappa shape index (κ2) is 8.84. The van der Waals surface area contributed by atoms with Crippen LogP contribution >= 0.6 is 0 Å². The first-order chi connectivity index (χ1) is 11.4. The zero-order chi connectivity index (χ0) is 17.6. The lowest BCUT2D eigenvalue weighted by Crippen LogP contribution is -2.54. The fourth-order valence-corrected chi connectivity index (χ4v) is 3.49. The monoisotopic (exact) mass is 334 g/mol. The maximum atomic E-state index is 9.45. The van der Waals surface area contributed by atoms with Gasteiger partial charge in [0, 0.05) is 45.4 Å². The SMILES string of the molecule is CCOc1ccc(CN2CCN(CC(C)(C)C)CC2CCO)cc1. The Balaban J connectivity index is 1.96. The van der Waals surface area contributed by atoms with E-state index < -0.39 is 0 Å². The molecule has 1 aliphatic heterocycles. The molecule has 1 aromatic carbocycles. The lowest BCUT2D eigenvalue weighted by atomic mass is 9.95. The quantitative estimate of drug-likeness (QED) is 0.831. The highest BCUT2D eigenvalue weighted by Crippen LogP contribution is 2.22. The third-order valence-electron chi connectivity index (χ3n) is 4.47. The molecule has 1 heterocycles. The average molecular weight is 335 g/mol. The Morgan fingerprint density at radius 3 is 2.46 bits per heavy atom. The van der Waals surface area contributed by atoms with Gasteiger partial charge in [0.15, 0.2) is 0 Å². The van der Waals surface area contributed by atoms with Gasteiger partial charge in [0.05, 0.1) is 6.61 Å². The molecule has 136 valence electrons. The second-order valence-electron chi connectivity index (χ2n) is 8.01. The molecular weight excluding hydrogens is 300 g/mol. The molecule has 0 aromatic heterocycles. The van der Waals surface area contributed by atoms with Crippen LogP contribution in [-0.4, -0.2) is 60.3 Å². The van der Waals surface area contributed by atoms with Crippen molar-refractivity contribution in [1.29, 1.82) is 0 Å². The summed E-state index contributed by atoms with van der Waals surface area (Å²) in [6, 6.07) is 8.84. The van der Waals surface area contributed by atoms with Crippen molar-refractivity contribution in [1.82, 2.24) is 9.80 Å². The predicted molar refractivity (Wildman–Crippen MR) is 99.4 cm³/mol. The van der Waals surface area contributed by atoms with Crippen molar-refractivity contribution in [2.24, 2.45) is 5.41 Å². The molecule has 24 heavy (non-hydrogen) atoms. The van der Waals surface area contributed by atoms with Gasteiger partial charge >= 0.3 is 0 Å². The van der Waals surface area contributed by atoms with E-state index in [2.05, 4.69) is 54.8 Å². The molecule has 0 radical (unpaired) electrons. The van der Waals surface area contributed by atoms with Crippen LogP contribution in [0.25, 0.3) is 0 Å². The fourth-order valence-electron chi connectivity index (χ4n) is 3.49. The maximum absolute atomic E-state index is 9.45. The Bertz CT molecular complexity index is 481. The summed E-state index contributed by atoms with van der Waals surface area (Å²) in [5, 5.41) is 9.45. The Labute approximate surface area is 147 Å². The van der Waals surface area contributed by atoms with Crippen LogP contribution in [0.4, 0.5) is 0 Å². The van der Waals surface area contributed by atoms with E-state index in [-0.39, 0.29) is 6.61 Å². The van der Waals surface area contributed by atoms with Crippen LogP contribution in [0.2, 0.25) is 0 Å². The summed E-state index contributed by atoms with van der Waals surface area (Å²) in [7, 11) is 0. The molecule has 1 saturated heterocycles. The zero-order valence-corrected chi connectivity index (χ0v) is 15.8. The number of nitrogens with zero attached hydrogens (tertiary/aromatic N) is 2. The molecule has 2 rings (SSSR count). The van der Waals surface area contributed by atoms with Gasteiger partial charge in [-0.2, -0.15) is 0 Å². The van der Waals surface area contributed by atoms with Gasteiger partial charge in [-0.05, 0) is 36.5 Å². The van der Waals surface area contributed by atoms with Gasteiger partial charge in [-0.3, -0.25) is 9.80 Å². The minimum absolute atomic E-state index is 0.258. The molecular formula is C20H34N2O2. The highest BCUT2D eigenvalue weighted by Gasteiger charge is 2.28. The van der Waals surface area contributed by atoms with Crippen molar-refractivity contribution in [2.75, 3.05) is 39.4 Å². The third kappa shape index (κ3) is 6.08. The van der Waals surface area contributed by atoms with Crippen LogP contribution in [0.15, 0.2) is 24.3 Å². The maximum Gasteiger partial charge on any atom is 0.119 e. The molecule has 0 spiro atoms. The first kappa shape index (κ1) is 19.2. The summed E-state index contributed by atoms with van der Waals surface area (Å²) >= 11 is 0. The van der Waals surface area contributed by atoms with Crippen LogP contribution in [0.3, 0.4) is 0 Å². The van der Waals surface area contributed by atoms with E-state index in [0.29, 0.717) is 18.1 Å². The second-order valence-corrected chi connectivity index (χ2v) is 8.01. The summed E-state index contributed by atoms with van der Waals surface area (Å²) in [4.78, 5) is 5.07. The van der Waals surface area contributed by atoms with Crippen LogP contribution in [0.5, 0.6) is 5.75 Å². The van der Waals surface area contributed by atoms with Crippen molar-refractivity contribution < 1.29 is 9.84 Å². The number of benzene rings is 1. The number of hydrogen-bond donors (Lipinski definition) is 1. The van der Waals surface area contributed by atoms with E-state index in [9.17, 15) is 5.11 Å². The molecule has 1 N–H and O–H groups in total. The highest BCUT2D eigenvalue weighted by atomic mass is 16.5. The van der Waals surface area contributed by atoms with E-state index in [0.717, 1.165) is 44.9 Å². The fraction of sp³-hybridized carbons (Fsp3) is 0.700. The molecule has 1 unspecified atom stereocenters. The van der Waals surface area contributed by atoms with Gasteiger partial charge in [-0.15, -0.1) is 0 Å². The first-order valence-corrected chi connectivity index (χ1v) is 9.20. The Kier molecular flexibility index (Phi) is 7.08. The molecule has 0 saturated carbocycles. The summed E-state index contributed by atoms with van der Waals surface area (Å²) in [5.74, 6) is 0.933. The average Bonchev–Trinajstić information content (AvgIpc) is 2.51. The van der Waals surface area contributed by atoms with E-state index >= 15 is 0 Å². The van der Waals surface area contributed by atoms with Crippen LogP contribution in [0, 0.1) is 5.41 Å². The summed E-state index contributed by atoms with van der Waals surface area (Å²) in [6.45, 7) is 15.1. The molecule has 4 heteroatoms. The molecule has 1 atom stereocenters. The molecule has 1 aromatic rings. The van der Waals surface area contributed by atoms with Crippen molar-refractivity contribution in [3.05, 3.63) is 29.8 Å². The van der Waals surface area contributed by atoms with Crippen LogP contribution in [0.1, 0.15) is 39.7 Å². The van der Waals surface area contributed by atoms with Gasteiger partial charge < -0.3 is 9.84 Å². The smallest absolute Gasteiger partial charge is 0.119 e. The number of piperazine rings is 1. The standard InChI is InChI=1S/C20H34N2O2/c1-5-24-19-8-6-17(7-9-19)14-22-12-11-21(16-20(2,3)4)15-18(22)10-13-23/h6-9,18,23H,5,10-16H2,1-4H3. The topological polar surface area (TPSA) is 35.9 Å². The van der Waals surface area contributed by atoms with Gasteiger partial charge in [0.1, 0.15) is 5.75 Å². The number of aliphatic hydroxyl groups excluding tert-OH is 1. The van der Waals surface area contributed by atoms with Gasteiger partial charge in [-0.25, -0.2) is 0 Å². The normalized spacial score (nSPS) is 20.3. The zero-order valence-electron chi connectivity index (χ0n) is 15.8. The van der Waals surface area contributed by atoms with E-state index in [4.69, 9.17) is 4.74 Å². The molecule has 0 bridgehead atoms. The predicted octanol–water partition coefficient (Wildman–Crippen LogP) is 3.00.